The predicted molar refractivity (Wildman–Crippen MR) is 82.5 cm³/mol. The zero-order valence-corrected chi connectivity index (χ0v) is 13.0. The second-order valence-corrected chi connectivity index (χ2v) is 6.08. The first-order valence-corrected chi connectivity index (χ1v) is 8.32. The predicted octanol–water partition coefficient (Wildman–Crippen LogP) is 2.17. The highest BCUT2D eigenvalue weighted by molar-refractivity contribution is 5.15. The number of ether oxygens (including phenoxy) is 2. The normalized spacial score (nSPS) is 26.3. The summed E-state index contributed by atoms with van der Waals surface area (Å²) in [4.78, 5) is 5.16. The van der Waals surface area contributed by atoms with Gasteiger partial charge in [0.1, 0.15) is 18.4 Å². The maximum absolute atomic E-state index is 11.4. The molecule has 0 saturated heterocycles. The van der Waals surface area contributed by atoms with Gasteiger partial charge in [0.25, 0.3) is 0 Å². The van der Waals surface area contributed by atoms with Crippen molar-refractivity contribution < 1.29 is 19.5 Å². The van der Waals surface area contributed by atoms with Gasteiger partial charge < -0.3 is 14.7 Å². The lowest BCUT2D eigenvalue weighted by Gasteiger charge is -2.24. The molecule has 2 unspecified atom stereocenters. The Labute approximate surface area is 131 Å². The van der Waals surface area contributed by atoms with Crippen molar-refractivity contribution in [2.75, 3.05) is 13.2 Å². The lowest BCUT2D eigenvalue weighted by Crippen LogP contribution is -3.07. The third kappa shape index (κ3) is 4.95. The summed E-state index contributed by atoms with van der Waals surface area (Å²) in [5.74, 6) is 2.11. The Morgan fingerprint density at radius 2 is 2.05 bits per heavy atom. The van der Waals surface area contributed by atoms with Gasteiger partial charge in [0, 0.05) is 25.7 Å². The lowest BCUT2D eigenvalue weighted by molar-refractivity contribution is -1.06. The van der Waals surface area contributed by atoms with Gasteiger partial charge in [-0.3, -0.25) is 0 Å². The molecule has 1 fully saturated rings. The fraction of sp³-hybridized carbons (Fsp3) is 0.647. The van der Waals surface area contributed by atoms with E-state index >= 15 is 0 Å². The highest BCUT2D eigenvalue weighted by Gasteiger charge is 2.30. The van der Waals surface area contributed by atoms with Crippen LogP contribution < -0.4 is 5.23 Å². The second kappa shape index (κ2) is 7.92. The van der Waals surface area contributed by atoms with Gasteiger partial charge in [-0.25, -0.2) is 10.1 Å². The van der Waals surface area contributed by atoms with E-state index in [9.17, 15) is 5.21 Å². The van der Waals surface area contributed by atoms with E-state index in [1.54, 1.807) is 0 Å². The molecule has 122 valence electrons. The van der Waals surface area contributed by atoms with Gasteiger partial charge >= 0.3 is 0 Å². The number of quaternary nitrogens is 1. The molecular formula is C17H25NO4. The van der Waals surface area contributed by atoms with Gasteiger partial charge in [0.15, 0.2) is 0 Å². The molecule has 5 nitrogen and oxygen atoms in total. The van der Waals surface area contributed by atoms with Gasteiger partial charge in [-0.2, -0.15) is 0 Å². The van der Waals surface area contributed by atoms with Crippen molar-refractivity contribution in [1.82, 2.24) is 0 Å². The van der Waals surface area contributed by atoms with Crippen LogP contribution in [-0.4, -0.2) is 25.4 Å². The molecule has 0 bridgehead atoms. The van der Waals surface area contributed by atoms with Crippen molar-refractivity contribution >= 4 is 0 Å². The SMILES string of the molecule is [O-][NH+](OCCOC1CC=C(OC2=CC=CCC2)CC1)C1CC1. The molecule has 3 rings (SSSR count). The molecule has 3 aliphatic carbocycles. The van der Waals surface area contributed by atoms with Crippen LogP contribution in [-0.2, 0) is 14.3 Å². The quantitative estimate of drug-likeness (QED) is 0.551. The lowest BCUT2D eigenvalue weighted by atomic mass is 10.0. The smallest absolute Gasteiger partial charge is 0.130 e. The zero-order chi connectivity index (χ0) is 15.2. The molecule has 1 saturated carbocycles. The molecule has 1 N–H and O–H groups in total. The molecule has 0 aromatic carbocycles. The maximum atomic E-state index is 11.4. The van der Waals surface area contributed by atoms with Gasteiger partial charge in [0.05, 0.1) is 18.5 Å². The largest absolute Gasteiger partial charge is 0.600 e. The van der Waals surface area contributed by atoms with Crippen LogP contribution in [0.15, 0.2) is 35.8 Å². The molecule has 0 aromatic heterocycles. The number of allylic oxidation sites excluding steroid dienone is 5. The second-order valence-electron chi connectivity index (χ2n) is 6.08. The van der Waals surface area contributed by atoms with Crippen LogP contribution in [0.5, 0.6) is 0 Å². The summed E-state index contributed by atoms with van der Waals surface area (Å²) in [6.07, 6.45) is 15.4. The summed E-state index contributed by atoms with van der Waals surface area (Å²) in [7, 11) is 0. The molecular weight excluding hydrogens is 282 g/mol. The first kappa shape index (κ1) is 15.7. The molecule has 5 heteroatoms. The molecule has 0 aliphatic heterocycles. The molecule has 0 amide bonds. The van der Waals surface area contributed by atoms with E-state index in [2.05, 4.69) is 18.2 Å². The first-order chi connectivity index (χ1) is 10.8. The van der Waals surface area contributed by atoms with E-state index in [0.717, 1.165) is 56.5 Å². The highest BCUT2D eigenvalue weighted by atomic mass is 16.9. The Balaban J connectivity index is 1.30. The maximum Gasteiger partial charge on any atom is 0.130 e. The van der Waals surface area contributed by atoms with E-state index in [4.69, 9.17) is 14.3 Å². The summed E-state index contributed by atoms with van der Waals surface area (Å²) in [6.45, 7) is 0.862. The van der Waals surface area contributed by atoms with Crippen LogP contribution in [0.1, 0.15) is 44.9 Å². The van der Waals surface area contributed by atoms with E-state index in [-0.39, 0.29) is 17.4 Å². The summed E-state index contributed by atoms with van der Waals surface area (Å²) >= 11 is 0. The summed E-state index contributed by atoms with van der Waals surface area (Å²) in [5.41, 5.74) is 0. The van der Waals surface area contributed by atoms with Crippen molar-refractivity contribution in [1.29, 1.82) is 0 Å². The number of hydrogen-bond acceptors (Lipinski definition) is 4. The fourth-order valence-corrected chi connectivity index (χ4v) is 2.66. The fourth-order valence-electron chi connectivity index (χ4n) is 2.66. The van der Waals surface area contributed by atoms with Gasteiger partial charge in [0.2, 0.25) is 0 Å². The summed E-state index contributed by atoms with van der Waals surface area (Å²) in [6, 6.07) is 0.168. The third-order valence-electron chi connectivity index (χ3n) is 4.15. The number of nitrogens with one attached hydrogen (secondary N) is 1. The van der Waals surface area contributed by atoms with Crippen molar-refractivity contribution in [2.24, 2.45) is 0 Å². The van der Waals surface area contributed by atoms with Crippen LogP contribution in [0.4, 0.5) is 0 Å². The van der Waals surface area contributed by atoms with E-state index in [0.29, 0.717) is 13.2 Å². The van der Waals surface area contributed by atoms with Crippen molar-refractivity contribution in [3.8, 4) is 0 Å². The van der Waals surface area contributed by atoms with E-state index in [1.807, 2.05) is 6.08 Å². The van der Waals surface area contributed by atoms with Crippen LogP contribution in [0.3, 0.4) is 0 Å². The van der Waals surface area contributed by atoms with Crippen LogP contribution in [0.25, 0.3) is 0 Å². The van der Waals surface area contributed by atoms with Crippen LogP contribution >= 0.6 is 0 Å². The van der Waals surface area contributed by atoms with Gasteiger partial charge in [-0.15, -0.1) is 0 Å². The number of hydroxylamine groups is 2. The molecule has 0 spiro atoms. The molecule has 22 heavy (non-hydrogen) atoms. The summed E-state index contributed by atoms with van der Waals surface area (Å²) < 4.78 is 11.7. The van der Waals surface area contributed by atoms with Crippen LogP contribution in [0, 0.1) is 5.21 Å². The topological polar surface area (TPSA) is 55.2 Å². The van der Waals surface area contributed by atoms with Crippen LogP contribution in [0.2, 0.25) is 0 Å². The molecule has 0 radical (unpaired) electrons. The van der Waals surface area contributed by atoms with E-state index in [1.165, 1.54) is 0 Å². The van der Waals surface area contributed by atoms with Gasteiger partial charge in [-0.05, 0) is 31.4 Å². The first-order valence-electron chi connectivity index (χ1n) is 8.32. The zero-order valence-electron chi connectivity index (χ0n) is 13.0. The Kier molecular flexibility index (Phi) is 5.67. The van der Waals surface area contributed by atoms with Crippen molar-refractivity contribution in [2.45, 2.75) is 57.1 Å². The monoisotopic (exact) mass is 307 g/mol. The number of rotatable bonds is 8. The van der Waals surface area contributed by atoms with E-state index < -0.39 is 0 Å². The standard InChI is InChI=1S/C17H25NO4/c19-18(14-6-7-14)21-13-12-20-15-8-10-17(11-9-15)22-16-4-2-1-3-5-16/h1-2,4,10,14-15,18H,3,5-9,11-13H2. The molecule has 0 aromatic rings. The minimum Gasteiger partial charge on any atom is -0.600 e. The number of hydrogen-bond donors (Lipinski definition) is 1. The van der Waals surface area contributed by atoms with Crippen molar-refractivity contribution in [3.05, 3.63) is 41.0 Å². The Bertz CT molecular complexity index is 454. The Morgan fingerprint density at radius 1 is 1.14 bits per heavy atom. The molecule has 2 atom stereocenters. The van der Waals surface area contributed by atoms with Gasteiger partial charge in [-0.1, -0.05) is 12.2 Å². The summed E-state index contributed by atoms with van der Waals surface area (Å²) in [5, 5.41) is 11.3. The molecule has 0 heterocycles. The Morgan fingerprint density at radius 3 is 2.73 bits per heavy atom. The Hall–Kier alpha value is -1.14. The third-order valence-corrected chi connectivity index (χ3v) is 4.15. The molecule has 3 aliphatic rings. The van der Waals surface area contributed by atoms with Crippen molar-refractivity contribution in [3.63, 3.8) is 0 Å². The minimum absolute atomic E-state index is 0.0577. The average Bonchev–Trinajstić information content (AvgIpc) is 3.39. The highest BCUT2D eigenvalue weighted by Crippen LogP contribution is 2.25. The average molecular weight is 307 g/mol. The minimum atomic E-state index is -0.0577.